The van der Waals surface area contributed by atoms with Crippen molar-refractivity contribution in [2.24, 2.45) is 5.73 Å². The predicted molar refractivity (Wildman–Crippen MR) is 113 cm³/mol. The fourth-order valence-corrected chi connectivity index (χ4v) is 2.60. The van der Waals surface area contributed by atoms with Crippen molar-refractivity contribution in [3.8, 4) is 0 Å². The van der Waals surface area contributed by atoms with Crippen LogP contribution in [0.25, 0.3) is 0 Å². The van der Waals surface area contributed by atoms with Gasteiger partial charge in [-0.15, -0.1) is 0 Å². The van der Waals surface area contributed by atoms with Gasteiger partial charge >= 0.3 is 12.0 Å². The highest BCUT2D eigenvalue weighted by molar-refractivity contribution is 5.97. The number of anilines is 1. The van der Waals surface area contributed by atoms with E-state index in [1.807, 2.05) is 0 Å². The smallest absolute Gasteiger partial charge is 0.312 e. The third-order valence-electron chi connectivity index (χ3n) is 4.42. The normalized spacial score (nSPS) is 13.5. The number of benzene rings is 1. The zero-order valence-electron chi connectivity index (χ0n) is 17.8. The van der Waals surface area contributed by atoms with Gasteiger partial charge in [-0.05, 0) is 51.4 Å². The van der Waals surface area contributed by atoms with Gasteiger partial charge in [0.15, 0.2) is 0 Å². The highest BCUT2D eigenvalue weighted by atomic mass is 16.5. The third-order valence-corrected chi connectivity index (χ3v) is 4.42. The van der Waals surface area contributed by atoms with Gasteiger partial charge in [0.2, 0.25) is 11.8 Å². The Labute approximate surface area is 176 Å². The fourth-order valence-electron chi connectivity index (χ4n) is 2.60. The second-order valence-corrected chi connectivity index (χ2v) is 6.87. The van der Waals surface area contributed by atoms with Crippen LogP contribution in [0.2, 0.25) is 0 Å². The van der Waals surface area contributed by atoms with Crippen molar-refractivity contribution in [3.05, 3.63) is 29.8 Å². The summed E-state index contributed by atoms with van der Waals surface area (Å²) in [6, 6.07) is 4.97. The van der Waals surface area contributed by atoms with Crippen LogP contribution in [0.15, 0.2) is 24.3 Å². The van der Waals surface area contributed by atoms with Gasteiger partial charge in [-0.3, -0.25) is 14.4 Å². The van der Waals surface area contributed by atoms with Gasteiger partial charge in [-0.1, -0.05) is 12.1 Å². The number of rotatable bonds is 11. The van der Waals surface area contributed by atoms with Crippen LogP contribution >= 0.6 is 0 Å². The van der Waals surface area contributed by atoms with Gasteiger partial charge in [-0.2, -0.15) is 0 Å². The Kier molecular flexibility index (Phi) is 10.3. The molecule has 0 heterocycles. The van der Waals surface area contributed by atoms with Crippen molar-refractivity contribution < 1.29 is 23.9 Å². The Morgan fingerprint density at radius 1 is 1.07 bits per heavy atom. The van der Waals surface area contributed by atoms with Crippen LogP contribution in [0.1, 0.15) is 45.3 Å². The molecular weight excluding hydrogens is 390 g/mol. The lowest BCUT2D eigenvalue weighted by Crippen LogP contribution is -2.50. The summed E-state index contributed by atoms with van der Waals surface area (Å²) < 4.78 is 5.13. The molecule has 3 atom stereocenters. The Hall–Kier alpha value is -3.14. The van der Waals surface area contributed by atoms with Crippen molar-refractivity contribution in [2.75, 3.05) is 18.9 Å². The predicted octanol–water partition coefficient (Wildman–Crippen LogP) is 0.790. The van der Waals surface area contributed by atoms with E-state index in [1.54, 1.807) is 45.2 Å². The largest absolute Gasteiger partial charge is 0.458 e. The SMILES string of the molecule is CN[C@@H](C)C(=O)N[C@@H](CCCNC(N)=O)C(=O)Nc1ccc(C(C)OC(C)=O)cc1. The van der Waals surface area contributed by atoms with E-state index >= 15 is 0 Å². The fraction of sp³-hybridized carbons (Fsp3) is 0.500. The lowest BCUT2D eigenvalue weighted by Gasteiger charge is -2.21. The zero-order valence-corrected chi connectivity index (χ0v) is 17.8. The minimum Gasteiger partial charge on any atom is -0.458 e. The third kappa shape index (κ3) is 8.91. The van der Waals surface area contributed by atoms with Gasteiger partial charge in [0, 0.05) is 19.2 Å². The molecule has 0 fully saturated rings. The summed E-state index contributed by atoms with van der Waals surface area (Å²) in [5, 5.41) is 10.8. The van der Waals surface area contributed by atoms with Crippen LogP contribution in [-0.4, -0.2) is 49.5 Å². The minimum atomic E-state index is -0.789. The first-order valence-corrected chi connectivity index (χ1v) is 9.73. The van der Waals surface area contributed by atoms with Crippen LogP contribution in [0.4, 0.5) is 10.5 Å². The molecule has 0 aliphatic rings. The number of nitrogens with two attached hydrogens (primary N) is 1. The van der Waals surface area contributed by atoms with Crippen molar-refractivity contribution in [2.45, 2.75) is 51.8 Å². The number of primary amides is 1. The molecule has 166 valence electrons. The number of ether oxygens (including phenoxy) is 1. The van der Waals surface area contributed by atoms with Gasteiger partial charge in [0.25, 0.3) is 0 Å². The molecule has 0 radical (unpaired) electrons. The lowest BCUT2D eigenvalue weighted by molar-refractivity contribution is -0.145. The highest BCUT2D eigenvalue weighted by Gasteiger charge is 2.23. The standard InChI is InChI=1S/C20H31N5O5/c1-12(22-4)18(27)25-17(6-5-11-23-20(21)29)19(28)24-16-9-7-15(8-10-16)13(2)30-14(3)26/h7-10,12-13,17,22H,5-6,11H2,1-4H3,(H,24,28)(H,25,27)(H3,21,23,29)/t12-,13?,17-/m0/s1. The van der Waals surface area contributed by atoms with Crippen molar-refractivity contribution >= 4 is 29.5 Å². The second kappa shape index (κ2) is 12.4. The Morgan fingerprint density at radius 2 is 1.70 bits per heavy atom. The maximum absolute atomic E-state index is 12.7. The zero-order chi connectivity index (χ0) is 22.7. The number of carbonyl (C=O) groups excluding carboxylic acids is 4. The van der Waals surface area contributed by atoms with E-state index in [2.05, 4.69) is 21.3 Å². The summed E-state index contributed by atoms with van der Waals surface area (Å²) in [7, 11) is 1.65. The first kappa shape index (κ1) is 24.9. The quantitative estimate of drug-likeness (QED) is 0.263. The van der Waals surface area contributed by atoms with Crippen LogP contribution in [-0.2, 0) is 19.1 Å². The van der Waals surface area contributed by atoms with Crippen molar-refractivity contribution in [1.29, 1.82) is 0 Å². The van der Waals surface area contributed by atoms with Gasteiger partial charge in [0.1, 0.15) is 12.1 Å². The molecule has 30 heavy (non-hydrogen) atoms. The molecule has 0 saturated heterocycles. The van der Waals surface area contributed by atoms with Crippen LogP contribution in [0.5, 0.6) is 0 Å². The van der Waals surface area contributed by atoms with Crippen LogP contribution < -0.4 is 27.0 Å². The number of hydrogen-bond acceptors (Lipinski definition) is 6. The van der Waals surface area contributed by atoms with Crippen molar-refractivity contribution in [1.82, 2.24) is 16.0 Å². The van der Waals surface area contributed by atoms with E-state index in [9.17, 15) is 19.2 Å². The summed E-state index contributed by atoms with van der Waals surface area (Å²) in [4.78, 5) is 46.8. The van der Waals surface area contributed by atoms with Crippen LogP contribution in [0.3, 0.4) is 0 Å². The number of esters is 1. The molecule has 6 N–H and O–H groups in total. The average Bonchev–Trinajstić information content (AvgIpc) is 2.69. The molecule has 10 heteroatoms. The van der Waals surface area contributed by atoms with Gasteiger partial charge in [0.05, 0.1) is 6.04 Å². The Morgan fingerprint density at radius 3 is 2.23 bits per heavy atom. The highest BCUT2D eigenvalue weighted by Crippen LogP contribution is 2.19. The summed E-state index contributed by atoms with van der Waals surface area (Å²) in [6.45, 7) is 5.07. The molecule has 0 bridgehead atoms. The lowest BCUT2D eigenvalue weighted by atomic mass is 10.1. The molecule has 0 aliphatic heterocycles. The monoisotopic (exact) mass is 421 g/mol. The topological polar surface area (TPSA) is 152 Å². The maximum atomic E-state index is 12.7. The van der Waals surface area contributed by atoms with E-state index < -0.39 is 24.2 Å². The van der Waals surface area contributed by atoms with E-state index in [0.717, 1.165) is 5.56 Å². The molecule has 1 rings (SSSR count). The Bertz CT molecular complexity index is 738. The second-order valence-electron chi connectivity index (χ2n) is 6.87. The number of nitrogens with one attached hydrogen (secondary N) is 4. The van der Waals surface area contributed by atoms with E-state index in [0.29, 0.717) is 25.1 Å². The summed E-state index contributed by atoms with van der Waals surface area (Å²) in [6.07, 6.45) is 0.365. The van der Waals surface area contributed by atoms with Crippen LogP contribution in [0, 0.1) is 0 Å². The number of hydrogen-bond donors (Lipinski definition) is 5. The van der Waals surface area contributed by atoms with E-state index in [-0.39, 0.29) is 17.8 Å². The molecular formula is C20H31N5O5. The number of carbonyl (C=O) groups is 4. The van der Waals surface area contributed by atoms with E-state index in [4.69, 9.17) is 10.5 Å². The number of amides is 4. The first-order valence-electron chi connectivity index (χ1n) is 9.73. The molecule has 0 spiro atoms. The first-order chi connectivity index (χ1) is 14.1. The molecule has 0 aromatic heterocycles. The van der Waals surface area contributed by atoms with Gasteiger partial charge in [-0.25, -0.2) is 4.79 Å². The molecule has 0 aliphatic carbocycles. The summed E-state index contributed by atoms with van der Waals surface area (Å²) >= 11 is 0. The summed E-state index contributed by atoms with van der Waals surface area (Å²) in [5.74, 6) is -1.07. The van der Waals surface area contributed by atoms with Crippen molar-refractivity contribution in [3.63, 3.8) is 0 Å². The summed E-state index contributed by atoms with van der Waals surface area (Å²) in [5.41, 5.74) is 6.36. The molecule has 10 nitrogen and oxygen atoms in total. The minimum absolute atomic E-state index is 0.291. The average molecular weight is 421 g/mol. The number of urea groups is 1. The van der Waals surface area contributed by atoms with E-state index in [1.165, 1.54) is 6.92 Å². The Balaban J connectivity index is 2.77. The molecule has 1 unspecified atom stereocenters. The van der Waals surface area contributed by atoms with Gasteiger partial charge < -0.3 is 31.7 Å². The molecule has 1 aromatic carbocycles. The molecule has 1 aromatic rings. The number of likely N-dealkylation sites (N-methyl/N-ethyl adjacent to an activating group) is 1. The maximum Gasteiger partial charge on any atom is 0.312 e. The molecule has 4 amide bonds. The molecule has 0 saturated carbocycles.